The molecule has 0 atom stereocenters. The number of benzene rings is 2. The van der Waals surface area contributed by atoms with Crippen molar-refractivity contribution in [3.8, 4) is 28.6 Å². The second-order valence-corrected chi connectivity index (χ2v) is 9.46. The number of hydrogen-bond acceptors (Lipinski definition) is 7. The number of amides is 1. The number of ether oxygens (including phenoxy) is 2. The lowest BCUT2D eigenvalue weighted by Crippen LogP contribution is -2.35. The Balaban J connectivity index is 1.81. The van der Waals surface area contributed by atoms with Gasteiger partial charge in [-0.1, -0.05) is 31.5 Å². The third-order valence-corrected chi connectivity index (χ3v) is 6.60. The molecule has 2 aromatic carbocycles. The van der Waals surface area contributed by atoms with Crippen molar-refractivity contribution in [2.45, 2.75) is 26.3 Å². The largest absolute Gasteiger partial charge is 0.507 e. The molecule has 0 saturated carbocycles. The maximum atomic E-state index is 12.9. The first-order valence-corrected chi connectivity index (χ1v) is 12.5. The van der Waals surface area contributed by atoms with Crippen LogP contribution in [0.5, 0.6) is 11.5 Å². The number of nitrogens with one attached hydrogen (secondary N) is 1. The van der Waals surface area contributed by atoms with Gasteiger partial charge in [0.1, 0.15) is 18.2 Å². The second-order valence-electron chi connectivity index (χ2n) is 9.06. The van der Waals surface area contributed by atoms with E-state index in [1.54, 1.807) is 12.1 Å². The Morgan fingerprint density at radius 2 is 2.00 bits per heavy atom. The lowest BCUT2D eigenvalue weighted by Gasteiger charge is -2.27. The molecule has 0 bridgehead atoms. The van der Waals surface area contributed by atoms with Gasteiger partial charge in [-0.25, -0.2) is 4.39 Å². The highest BCUT2D eigenvalue weighted by molar-refractivity contribution is 6.31. The van der Waals surface area contributed by atoms with Crippen LogP contribution in [0.4, 0.5) is 4.39 Å². The van der Waals surface area contributed by atoms with Gasteiger partial charge in [0.2, 0.25) is 5.82 Å². The van der Waals surface area contributed by atoms with Gasteiger partial charge >= 0.3 is 0 Å². The summed E-state index contributed by atoms with van der Waals surface area (Å²) in [6.07, 6.45) is 0. The Labute approximate surface area is 220 Å². The monoisotopic (exact) mass is 531 g/mol. The van der Waals surface area contributed by atoms with E-state index >= 15 is 0 Å². The third-order valence-electron chi connectivity index (χ3n) is 6.25. The third kappa shape index (κ3) is 5.87. The molecule has 2 heterocycles. The normalized spacial score (nSPS) is 14.2. The highest BCUT2D eigenvalue weighted by Gasteiger charge is 2.25. The zero-order valence-electron chi connectivity index (χ0n) is 21.1. The van der Waals surface area contributed by atoms with E-state index in [9.17, 15) is 14.3 Å². The van der Waals surface area contributed by atoms with Gasteiger partial charge < -0.3 is 19.9 Å². The summed E-state index contributed by atoms with van der Waals surface area (Å²) in [6.45, 7) is 6.80. The first kappa shape index (κ1) is 26.8. The lowest BCUT2D eigenvalue weighted by atomic mass is 9.98. The number of aromatic nitrogens is 3. The number of phenolic OH excluding ortho intramolecular Hbond substituents is 1. The van der Waals surface area contributed by atoms with E-state index < -0.39 is 12.6 Å². The predicted octanol–water partition coefficient (Wildman–Crippen LogP) is 3.96. The number of nitrogens with zero attached hydrogens (tertiary/aromatic N) is 4. The van der Waals surface area contributed by atoms with Crippen molar-refractivity contribution < 1.29 is 23.8 Å². The first-order valence-electron chi connectivity index (χ1n) is 12.1. The fourth-order valence-corrected chi connectivity index (χ4v) is 4.52. The van der Waals surface area contributed by atoms with Crippen LogP contribution >= 0.6 is 11.6 Å². The molecule has 37 heavy (non-hydrogen) atoms. The standard InChI is InChI=1S/C26H31ClFN5O4/c1-16(2)19-13-20(22(34)14-23(19)36-3)24-30-31-25(26(35)29-7-6-28)33(24)18-5-4-17(21(27)12-18)15-32-8-10-37-11-9-32/h4-5,12-14,16,34H,6-11,15H2,1-3H3,(H,29,35). The number of hydrogen-bond donors (Lipinski definition) is 2. The quantitative estimate of drug-likeness (QED) is 0.431. The molecule has 0 spiro atoms. The molecule has 0 radical (unpaired) electrons. The molecule has 198 valence electrons. The van der Waals surface area contributed by atoms with E-state index in [4.69, 9.17) is 21.1 Å². The van der Waals surface area contributed by atoms with Crippen molar-refractivity contribution in [2.75, 3.05) is 46.6 Å². The summed E-state index contributed by atoms with van der Waals surface area (Å²) in [7, 11) is 1.54. The van der Waals surface area contributed by atoms with Crippen molar-refractivity contribution in [1.29, 1.82) is 0 Å². The van der Waals surface area contributed by atoms with Crippen LogP contribution < -0.4 is 10.1 Å². The van der Waals surface area contributed by atoms with Gasteiger partial charge in [0, 0.05) is 37.3 Å². The molecule has 1 amide bonds. The Hall–Kier alpha value is -3.21. The molecule has 11 heteroatoms. The van der Waals surface area contributed by atoms with Crippen LogP contribution in [0.15, 0.2) is 30.3 Å². The van der Waals surface area contributed by atoms with Gasteiger partial charge in [0.05, 0.1) is 31.6 Å². The highest BCUT2D eigenvalue weighted by atomic mass is 35.5. The average Bonchev–Trinajstić information content (AvgIpc) is 3.33. The Kier molecular flexibility index (Phi) is 8.63. The molecular formula is C26H31ClFN5O4. The molecule has 1 fully saturated rings. The van der Waals surface area contributed by atoms with Crippen molar-refractivity contribution in [2.24, 2.45) is 0 Å². The molecule has 2 N–H and O–H groups in total. The van der Waals surface area contributed by atoms with Crippen molar-refractivity contribution in [3.05, 3.63) is 52.3 Å². The molecule has 0 aliphatic carbocycles. The fraction of sp³-hybridized carbons (Fsp3) is 0.423. The van der Waals surface area contributed by atoms with Gasteiger partial charge in [-0.2, -0.15) is 0 Å². The number of rotatable bonds is 9. The minimum absolute atomic E-state index is 0.0539. The fourth-order valence-electron chi connectivity index (χ4n) is 4.29. The minimum Gasteiger partial charge on any atom is -0.507 e. The summed E-state index contributed by atoms with van der Waals surface area (Å²) < 4.78 is 25.1. The van der Waals surface area contributed by atoms with Crippen LogP contribution in [-0.2, 0) is 11.3 Å². The van der Waals surface area contributed by atoms with E-state index in [1.165, 1.54) is 17.7 Å². The summed E-state index contributed by atoms with van der Waals surface area (Å²) in [5, 5.41) is 22.2. The molecule has 1 aromatic heterocycles. The zero-order chi connectivity index (χ0) is 26.5. The molecule has 1 aliphatic rings. The topological polar surface area (TPSA) is 102 Å². The van der Waals surface area contributed by atoms with Gasteiger partial charge in [-0.15, -0.1) is 10.2 Å². The SMILES string of the molecule is COc1cc(O)c(-c2nnc(C(=O)NCCF)n2-c2ccc(CN3CCOCC3)c(Cl)c2)cc1C(C)C. The summed E-state index contributed by atoms with van der Waals surface area (Å²) in [6, 6.07) is 8.75. The lowest BCUT2D eigenvalue weighted by molar-refractivity contribution is 0.0342. The Bertz CT molecular complexity index is 1260. The van der Waals surface area contributed by atoms with Crippen LogP contribution in [0.3, 0.4) is 0 Å². The second kappa shape index (κ2) is 11.9. The molecular weight excluding hydrogens is 501 g/mol. The molecule has 4 rings (SSSR count). The van der Waals surface area contributed by atoms with E-state index in [0.717, 1.165) is 24.2 Å². The van der Waals surface area contributed by atoms with Crippen LogP contribution in [0.25, 0.3) is 17.1 Å². The van der Waals surface area contributed by atoms with Crippen molar-refractivity contribution in [3.63, 3.8) is 0 Å². The van der Waals surface area contributed by atoms with Gasteiger partial charge in [0.25, 0.3) is 5.91 Å². The summed E-state index contributed by atoms with van der Waals surface area (Å²) >= 11 is 6.69. The van der Waals surface area contributed by atoms with Gasteiger partial charge in [0.15, 0.2) is 5.82 Å². The predicted molar refractivity (Wildman–Crippen MR) is 139 cm³/mol. The van der Waals surface area contributed by atoms with E-state index in [1.807, 2.05) is 26.0 Å². The van der Waals surface area contributed by atoms with E-state index in [0.29, 0.717) is 41.8 Å². The molecule has 1 aliphatic heterocycles. The van der Waals surface area contributed by atoms with Crippen molar-refractivity contribution in [1.82, 2.24) is 25.0 Å². The zero-order valence-corrected chi connectivity index (χ0v) is 21.9. The van der Waals surface area contributed by atoms with Crippen LogP contribution in [-0.4, -0.2) is 77.3 Å². The average molecular weight is 532 g/mol. The smallest absolute Gasteiger partial charge is 0.289 e. The first-order chi connectivity index (χ1) is 17.8. The summed E-state index contributed by atoms with van der Waals surface area (Å²) in [5.41, 5.74) is 2.68. The summed E-state index contributed by atoms with van der Waals surface area (Å²) in [4.78, 5) is 15.1. The van der Waals surface area contributed by atoms with Gasteiger partial charge in [-0.05, 0) is 35.2 Å². The number of phenols is 1. The molecule has 9 nitrogen and oxygen atoms in total. The number of halogens is 2. The maximum Gasteiger partial charge on any atom is 0.289 e. The molecule has 3 aromatic rings. The Morgan fingerprint density at radius 1 is 1.24 bits per heavy atom. The number of aromatic hydroxyl groups is 1. The number of methoxy groups -OCH3 is 1. The Morgan fingerprint density at radius 3 is 2.65 bits per heavy atom. The van der Waals surface area contributed by atoms with Gasteiger partial charge in [-0.3, -0.25) is 14.3 Å². The number of carbonyl (C=O) groups is 1. The maximum absolute atomic E-state index is 12.9. The summed E-state index contributed by atoms with van der Waals surface area (Å²) in [5.74, 6) is 0.138. The highest BCUT2D eigenvalue weighted by Crippen LogP contribution is 2.39. The number of alkyl halides is 1. The van der Waals surface area contributed by atoms with Crippen LogP contribution in [0.2, 0.25) is 5.02 Å². The molecule has 0 unspecified atom stereocenters. The molecule has 1 saturated heterocycles. The van der Waals surface area contributed by atoms with Crippen molar-refractivity contribution >= 4 is 17.5 Å². The van der Waals surface area contributed by atoms with Crippen LogP contribution in [0.1, 0.15) is 41.5 Å². The van der Waals surface area contributed by atoms with Crippen LogP contribution in [0, 0.1) is 0 Å². The van der Waals surface area contributed by atoms with E-state index in [2.05, 4.69) is 20.4 Å². The number of carbonyl (C=O) groups excluding carboxylic acids is 1. The minimum atomic E-state index is -0.716. The number of morpholine rings is 1. The van der Waals surface area contributed by atoms with E-state index in [-0.39, 0.29) is 29.9 Å².